The lowest BCUT2D eigenvalue weighted by atomic mass is 10.2. The van der Waals surface area contributed by atoms with E-state index in [1.807, 2.05) is 37.3 Å². The first kappa shape index (κ1) is 9.65. The number of aromatic amines is 1. The summed E-state index contributed by atoms with van der Waals surface area (Å²) in [5.41, 5.74) is 1.37. The van der Waals surface area contributed by atoms with E-state index < -0.39 is 0 Å². The Hall–Kier alpha value is -1.90. The number of benzene rings is 1. The van der Waals surface area contributed by atoms with Crippen molar-refractivity contribution in [1.29, 1.82) is 0 Å². The number of hydrogen-bond donors (Lipinski definition) is 1. The smallest absolute Gasteiger partial charge is 0.257 e. The molecule has 15 heavy (non-hydrogen) atoms. The van der Waals surface area contributed by atoms with Gasteiger partial charge in [-0.05, 0) is 24.4 Å². The molecule has 0 amide bonds. The molecule has 0 aliphatic carbocycles. The first-order valence-corrected chi connectivity index (χ1v) is 4.93. The van der Waals surface area contributed by atoms with Crippen molar-refractivity contribution in [2.24, 2.45) is 4.99 Å². The standard InChI is InChI=1S/C12H12N2O/c1-2-13-8-10-7-9-5-3-4-6-11(9)14-12(10)15/h3-8H,2H2,1H3,(H,14,15). The highest BCUT2D eigenvalue weighted by atomic mass is 16.1. The molecule has 1 N–H and O–H groups in total. The minimum Gasteiger partial charge on any atom is -0.321 e. The fraction of sp³-hybridized carbons (Fsp3) is 0.167. The van der Waals surface area contributed by atoms with Crippen LogP contribution in [-0.4, -0.2) is 17.7 Å². The van der Waals surface area contributed by atoms with Gasteiger partial charge in [-0.2, -0.15) is 0 Å². The Morgan fingerprint density at radius 1 is 1.40 bits per heavy atom. The lowest BCUT2D eigenvalue weighted by molar-refractivity contribution is 1.14. The summed E-state index contributed by atoms with van der Waals surface area (Å²) in [6.07, 6.45) is 1.62. The second-order valence-electron chi connectivity index (χ2n) is 3.27. The quantitative estimate of drug-likeness (QED) is 0.740. The van der Waals surface area contributed by atoms with Gasteiger partial charge in [-0.1, -0.05) is 18.2 Å². The van der Waals surface area contributed by atoms with Crippen LogP contribution in [0.25, 0.3) is 10.9 Å². The zero-order chi connectivity index (χ0) is 10.7. The number of rotatable bonds is 2. The molecule has 1 aromatic heterocycles. The first-order chi connectivity index (χ1) is 7.31. The molecule has 0 atom stereocenters. The van der Waals surface area contributed by atoms with Crippen molar-refractivity contribution in [2.75, 3.05) is 6.54 Å². The Bertz CT molecular complexity index is 555. The molecule has 0 bridgehead atoms. The van der Waals surface area contributed by atoms with Crippen molar-refractivity contribution in [3.63, 3.8) is 0 Å². The summed E-state index contributed by atoms with van der Waals surface area (Å²) in [6, 6.07) is 9.55. The lowest BCUT2D eigenvalue weighted by Gasteiger charge is -1.98. The Balaban J connectivity index is 2.62. The Morgan fingerprint density at radius 2 is 2.20 bits per heavy atom. The van der Waals surface area contributed by atoms with Gasteiger partial charge in [0.05, 0.1) is 5.56 Å². The number of fused-ring (bicyclic) bond motifs is 1. The van der Waals surface area contributed by atoms with E-state index in [2.05, 4.69) is 9.98 Å². The van der Waals surface area contributed by atoms with Gasteiger partial charge in [0.2, 0.25) is 0 Å². The number of aliphatic imine (C=N–C) groups is 1. The van der Waals surface area contributed by atoms with Crippen LogP contribution in [0.3, 0.4) is 0 Å². The van der Waals surface area contributed by atoms with E-state index in [4.69, 9.17) is 0 Å². The molecule has 0 aliphatic rings. The molecular weight excluding hydrogens is 188 g/mol. The van der Waals surface area contributed by atoms with Crippen molar-refractivity contribution in [2.45, 2.75) is 6.92 Å². The van der Waals surface area contributed by atoms with E-state index in [9.17, 15) is 4.79 Å². The predicted octanol–water partition coefficient (Wildman–Crippen LogP) is 1.97. The summed E-state index contributed by atoms with van der Waals surface area (Å²) in [6.45, 7) is 2.62. The van der Waals surface area contributed by atoms with Gasteiger partial charge in [0.15, 0.2) is 0 Å². The van der Waals surface area contributed by atoms with Gasteiger partial charge in [0, 0.05) is 18.3 Å². The van der Waals surface area contributed by atoms with Gasteiger partial charge < -0.3 is 4.98 Å². The first-order valence-electron chi connectivity index (χ1n) is 4.93. The van der Waals surface area contributed by atoms with Crippen molar-refractivity contribution in [1.82, 2.24) is 4.98 Å². The minimum absolute atomic E-state index is 0.0918. The summed E-state index contributed by atoms with van der Waals surface area (Å²) >= 11 is 0. The predicted molar refractivity (Wildman–Crippen MR) is 62.7 cm³/mol. The third-order valence-electron chi connectivity index (χ3n) is 2.20. The number of H-pyrrole nitrogens is 1. The zero-order valence-electron chi connectivity index (χ0n) is 8.53. The monoisotopic (exact) mass is 200 g/mol. The van der Waals surface area contributed by atoms with Crippen molar-refractivity contribution in [3.8, 4) is 0 Å². The summed E-state index contributed by atoms with van der Waals surface area (Å²) < 4.78 is 0. The van der Waals surface area contributed by atoms with Gasteiger partial charge in [-0.15, -0.1) is 0 Å². The molecule has 0 spiro atoms. The summed E-state index contributed by atoms with van der Waals surface area (Å²) in [5, 5.41) is 1.02. The van der Waals surface area contributed by atoms with Crippen molar-refractivity contribution < 1.29 is 0 Å². The number of nitrogens with one attached hydrogen (secondary N) is 1. The molecule has 2 aromatic rings. The van der Waals surface area contributed by atoms with E-state index in [-0.39, 0.29) is 5.56 Å². The highest BCUT2D eigenvalue weighted by molar-refractivity contribution is 5.87. The van der Waals surface area contributed by atoms with Gasteiger partial charge in [-0.25, -0.2) is 0 Å². The second kappa shape index (κ2) is 4.09. The van der Waals surface area contributed by atoms with Gasteiger partial charge in [0.1, 0.15) is 0 Å². The fourth-order valence-electron chi connectivity index (χ4n) is 1.45. The molecule has 0 fully saturated rings. The Labute approximate surface area is 87.5 Å². The van der Waals surface area contributed by atoms with Gasteiger partial charge in [0.25, 0.3) is 5.56 Å². The number of para-hydroxylation sites is 1. The number of aromatic nitrogens is 1. The van der Waals surface area contributed by atoms with Crippen LogP contribution in [-0.2, 0) is 0 Å². The SMILES string of the molecule is CCN=Cc1cc2ccccc2[nH]c1=O. The molecule has 0 radical (unpaired) electrons. The molecule has 1 heterocycles. The van der Waals surface area contributed by atoms with Gasteiger partial charge in [-0.3, -0.25) is 9.79 Å². The van der Waals surface area contributed by atoms with E-state index in [0.29, 0.717) is 12.1 Å². The van der Waals surface area contributed by atoms with Crippen LogP contribution in [0, 0.1) is 0 Å². The number of hydrogen-bond acceptors (Lipinski definition) is 2. The molecule has 0 aliphatic heterocycles. The van der Waals surface area contributed by atoms with Crippen molar-refractivity contribution >= 4 is 17.1 Å². The van der Waals surface area contributed by atoms with E-state index in [0.717, 1.165) is 10.9 Å². The number of nitrogens with zero attached hydrogens (tertiary/aromatic N) is 1. The molecule has 0 saturated carbocycles. The molecule has 2 rings (SSSR count). The number of pyridine rings is 1. The minimum atomic E-state index is -0.0918. The normalized spacial score (nSPS) is 11.3. The van der Waals surface area contributed by atoms with Crippen LogP contribution in [0.5, 0.6) is 0 Å². The van der Waals surface area contributed by atoms with Crippen LogP contribution in [0.15, 0.2) is 40.1 Å². The van der Waals surface area contributed by atoms with Crippen LogP contribution in [0.1, 0.15) is 12.5 Å². The average Bonchev–Trinajstić information content (AvgIpc) is 2.26. The summed E-state index contributed by atoms with van der Waals surface area (Å²) in [4.78, 5) is 18.5. The largest absolute Gasteiger partial charge is 0.321 e. The lowest BCUT2D eigenvalue weighted by Crippen LogP contribution is -2.11. The maximum absolute atomic E-state index is 11.6. The molecule has 1 aromatic carbocycles. The van der Waals surface area contributed by atoms with Crippen LogP contribution in [0.4, 0.5) is 0 Å². The maximum Gasteiger partial charge on any atom is 0.257 e. The molecule has 76 valence electrons. The summed E-state index contributed by atoms with van der Waals surface area (Å²) in [7, 11) is 0. The summed E-state index contributed by atoms with van der Waals surface area (Å²) in [5.74, 6) is 0. The van der Waals surface area contributed by atoms with Gasteiger partial charge >= 0.3 is 0 Å². The average molecular weight is 200 g/mol. The molecule has 3 heteroatoms. The van der Waals surface area contributed by atoms with Crippen LogP contribution in [0.2, 0.25) is 0 Å². The van der Waals surface area contributed by atoms with Crippen LogP contribution < -0.4 is 5.56 Å². The van der Waals surface area contributed by atoms with E-state index in [1.54, 1.807) is 6.21 Å². The van der Waals surface area contributed by atoms with Crippen LogP contribution >= 0.6 is 0 Å². The fourth-order valence-corrected chi connectivity index (χ4v) is 1.45. The van der Waals surface area contributed by atoms with E-state index in [1.165, 1.54) is 0 Å². The topological polar surface area (TPSA) is 45.2 Å². The Morgan fingerprint density at radius 3 is 3.00 bits per heavy atom. The molecule has 0 saturated heterocycles. The third kappa shape index (κ3) is 1.96. The highest BCUT2D eigenvalue weighted by Gasteiger charge is 1.98. The Kier molecular flexibility index (Phi) is 2.63. The van der Waals surface area contributed by atoms with E-state index >= 15 is 0 Å². The molecule has 0 unspecified atom stereocenters. The maximum atomic E-state index is 11.6. The third-order valence-corrected chi connectivity index (χ3v) is 2.20. The molecule has 3 nitrogen and oxygen atoms in total. The highest BCUT2D eigenvalue weighted by Crippen LogP contribution is 2.08. The second-order valence-corrected chi connectivity index (χ2v) is 3.27. The molecular formula is C12H12N2O. The van der Waals surface area contributed by atoms with Crippen molar-refractivity contribution in [3.05, 3.63) is 46.2 Å². The zero-order valence-corrected chi connectivity index (χ0v) is 8.53.